The molecule has 0 radical (unpaired) electrons. The van der Waals surface area contributed by atoms with Gasteiger partial charge in [0.2, 0.25) is 5.78 Å². The van der Waals surface area contributed by atoms with Crippen LogP contribution < -0.4 is 0 Å². The minimum Gasteiger partial charge on any atom is -0.289 e. The monoisotopic (exact) mass is 298 g/mol. The van der Waals surface area contributed by atoms with Gasteiger partial charge < -0.3 is 0 Å². The van der Waals surface area contributed by atoms with Crippen LogP contribution >= 0.6 is 0 Å². The molecule has 0 N–H and O–H groups in total. The highest BCUT2D eigenvalue weighted by atomic mass is 16.6. The summed E-state index contributed by atoms with van der Waals surface area (Å²) < 4.78 is 0. The highest BCUT2D eigenvalue weighted by Crippen LogP contribution is 2.38. The van der Waals surface area contributed by atoms with Crippen molar-refractivity contribution in [3.05, 3.63) is 78.9 Å². The molecule has 108 valence electrons. The van der Waals surface area contributed by atoms with Gasteiger partial charge in [0, 0.05) is 22.8 Å². The van der Waals surface area contributed by atoms with Gasteiger partial charge >= 0.3 is 11.4 Å². The first-order valence-electron chi connectivity index (χ1n) is 6.07. The maximum atomic E-state index is 12.5. The summed E-state index contributed by atoms with van der Waals surface area (Å²) in [6.07, 6.45) is 0. The molecule has 0 aromatic heterocycles. The van der Waals surface area contributed by atoms with E-state index in [9.17, 15) is 29.8 Å². The molecule has 0 amide bonds. The number of hydrogen-bond acceptors (Lipinski definition) is 6. The van der Waals surface area contributed by atoms with Crippen LogP contribution in [0.25, 0.3) is 0 Å². The Morgan fingerprint density at radius 1 is 0.727 bits per heavy atom. The number of nitro benzene ring substituents is 2. The lowest BCUT2D eigenvalue weighted by Gasteiger charge is -2.16. The maximum absolute atomic E-state index is 12.5. The van der Waals surface area contributed by atoms with Crippen molar-refractivity contribution in [1.29, 1.82) is 0 Å². The summed E-state index contributed by atoms with van der Waals surface area (Å²) in [5, 5.41) is 22.2. The van der Waals surface area contributed by atoms with Crippen LogP contribution in [0, 0.1) is 20.2 Å². The molecule has 8 heteroatoms. The summed E-state index contributed by atoms with van der Waals surface area (Å²) in [5.74, 6) is -1.33. The summed E-state index contributed by atoms with van der Waals surface area (Å²) in [6.45, 7) is 0. The van der Waals surface area contributed by atoms with E-state index >= 15 is 0 Å². The van der Waals surface area contributed by atoms with Crippen molar-refractivity contribution >= 4 is 22.9 Å². The molecule has 1 aliphatic carbocycles. The smallest absolute Gasteiger partial charge is 0.289 e. The lowest BCUT2D eigenvalue weighted by atomic mass is 9.83. The molecule has 8 nitrogen and oxygen atoms in total. The molecule has 3 rings (SSSR count). The molecule has 0 bridgehead atoms. The van der Waals surface area contributed by atoms with Gasteiger partial charge in [0.05, 0.1) is 9.85 Å². The van der Waals surface area contributed by atoms with Crippen molar-refractivity contribution in [3.63, 3.8) is 0 Å². The molecule has 0 saturated heterocycles. The van der Waals surface area contributed by atoms with Gasteiger partial charge in [-0.05, 0) is 6.07 Å². The topological polar surface area (TPSA) is 120 Å². The van der Waals surface area contributed by atoms with Gasteiger partial charge in [-0.25, -0.2) is 0 Å². The quantitative estimate of drug-likeness (QED) is 0.528. The van der Waals surface area contributed by atoms with E-state index in [1.165, 1.54) is 18.2 Å². The standard InChI is InChI=1S/C14H6N2O6/c17-13-7-3-1-2-4-8(7)14(18)11-9(13)5-6-10(15(19)20)12(11)16(21)22/h1-6H. The molecule has 0 aliphatic heterocycles. The zero-order valence-electron chi connectivity index (χ0n) is 10.8. The van der Waals surface area contributed by atoms with Crippen LogP contribution in [0.15, 0.2) is 36.4 Å². The van der Waals surface area contributed by atoms with Crippen molar-refractivity contribution in [3.8, 4) is 0 Å². The van der Waals surface area contributed by atoms with Gasteiger partial charge in [0.15, 0.2) is 5.78 Å². The second-order valence-corrected chi connectivity index (χ2v) is 4.57. The Bertz CT molecular complexity index is 887. The summed E-state index contributed by atoms with van der Waals surface area (Å²) in [6, 6.07) is 7.83. The van der Waals surface area contributed by atoms with E-state index in [0.29, 0.717) is 0 Å². The molecular weight excluding hydrogens is 292 g/mol. The van der Waals surface area contributed by atoms with E-state index in [-0.39, 0.29) is 16.7 Å². The molecule has 0 fully saturated rings. The number of nitrogens with zero attached hydrogens (tertiary/aromatic N) is 2. The number of benzene rings is 2. The predicted molar refractivity (Wildman–Crippen MR) is 73.1 cm³/mol. The summed E-state index contributed by atoms with van der Waals surface area (Å²) in [5.41, 5.74) is -2.35. The Morgan fingerprint density at radius 3 is 1.86 bits per heavy atom. The number of rotatable bonds is 2. The van der Waals surface area contributed by atoms with Gasteiger partial charge in [-0.3, -0.25) is 29.8 Å². The number of nitro groups is 2. The highest BCUT2D eigenvalue weighted by Gasteiger charge is 2.40. The lowest BCUT2D eigenvalue weighted by Crippen LogP contribution is -2.22. The van der Waals surface area contributed by atoms with Crippen molar-refractivity contribution in [1.82, 2.24) is 0 Å². The van der Waals surface area contributed by atoms with Crippen molar-refractivity contribution in [2.24, 2.45) is 0 Å². The van der Waals surface area contributed by atoms with Crippen molar-refractivity contribution < 1.29 is 19.4 Å². The van der Waals surface area contributed by atoms with Gasteiger partial charge in [0.1, 0.15) is 5.56 Å². The van der Waals surface area contributed by atoms with E-state index in [4.69, 9.17) is 0 Å². The third-order valence-corrected chi connectivity index (χ3v) is 3.42. The molecule has 0 heterocycles. The minimum atomic E-state index is -1.00. The molecule has 0 unspecified atom stereocenters. The average Bonchev–Trinajstić information content (AvgIpc) is 2.51. The second kappa shape index (κ2) is 4.55. The molecule has 0 spiro atoms. The van der Waals surface area contributed by atoms with Crippen LogP contribution in [0.1, 0.15) is 31.8 Å². The van der Waals surface area contributed by atoms with Gasteiger partial charge in [-0.2, -0.15) is 0 Å². The Hall–Kier alpha value is -3.42. The van der Waals surface area contributed by atoms with E-state index in [2.05, 4.69) is 0 Å². The van der Waals surface area contributed by atoms with Gasteiger partial charge in [-0.1, -0.05) is 24.3 Å². The second-order valence-electron chi connectivity index (χ2n) is 4.57. The van der Waals surface area contributed by atoms with E-state index in [1.807, 2.05) is 0 Å². The van der Waals surface area contributed by atoms with Crippen molar-refractivity contribution in [2.75, 3.05) is 0 Å². The number of ketones is 2. The van der Waals surface area contributed by atoms with Crippen molar-refractivity contribution in [2.45, 2.75) is 0 Å². The first kappa shape index (κ1) is 13.6. The Kier molecular flexibility index (Phi) is 2.81. The fourth-order valence-corrected chi connectivity index (χ4v) is 2.49. The zero-order valence-corrected chi connectivity index (χ0v) is 10.8. The largest absolute Gasteiger partial charge is 0.357 e. The third-order valence-electron chi connectivity index (χ3n) is 3.42. The Balaban J connectivity index is 2.41. The lowest BCUT2D eigenvalue weighted by molar-refractivity contribution is -0.422. The normalized spacial score (nSPS) is 12.5. The van der Waals surface area contributed by atoms with Crippen LogP contribution in [-0.2, 0) is 0 Å². The van der Waals surface area contributed by atoms with E-state index in [0.717, 1.165) is 12.1 Å². The Morgan fingerprint density at radius 2 is 1.32 bits per heavy atom. The number of carbonyl (C=O) groups is 2. The summed E-state index contributed by atoms with van der Waals surface area (Å²) in [7, 11) is 0. The number of carbonyl (C=O) groups excluding carboxylic acids is 2. The molecule has 2 aromatic carbocycles. The van der Waals surface area contributed by atoms with Crippen LogP contribution in [0.4, 0.5) is 11.4 Å². The third kappa shape index (κ3) is 1.71. The fraction of sp³-hybridized carbons (Fsp3) is 0. The molecular formula is C14H6N2O6. The maximum Gasteiger partial charge on any atom is 0.357 e. The predicted octanol–water partition coefficient (Wildman–Crippen LogP) is 2.28. The average molecular weight is 298 g/mol. The summed E-state index contributed by atoms with van der Waals surface area (Å²) >= 11 is 0. The number of fused-ring (bicyclic) bond motifs is 2. The van der Waals surface area contributed by atoms with E-state index in [1.54, 1.807) is 6.07 Å². The summed E-state index contributed by atoms with van der Waals surface area (Å²) in [4.78, 5) is 45.0. The Labute approximate surface area is 122 Å². The van der Waals surface area contributed by atoms with Gasteiger partial charge in [0.25, 0.3) is 0 Å². The fourth-order valence-electron chi connectivity index (χ4n) is 2.49. The molecule has 22 heavy (non-hydrogen) atoms. The highest BCUT2D eigenvalue weighted by molar-refractivity contribution is 6.30. The first-order valence-corrected chi connectivity index (χ1v) is 6.07. The SMILES string of the molecule is O=C1c2ccccc2C(=O)c2c1ccc([N+](=O)[O-])c2[N+](=O)[O-]. The van der Waals surface area contributed by atoms with Gasteiger partial charge in [-0.15, -0.1) is 0 Å². The van der Waals surface area contributed by atoms with E-state index < -0.39 is 38.4 Å². The van der Waals surface area contributed by atoms with Crippen LogP contribution in [0.2, 0.25) is 0 Å². The molecule has 0 saturated carbocycles. The number of hydrogen-bond donors (Lipinski definition) is 0. The van der Waals surface area contributed by atoms with Crippen LogP contribution in [0.5, 0.6) is 0 Å². The van der Waals surface area contributed by atoms with Crippen LogP contribution in [0.3, 0.4) is 0 Å². The first-order chi connectivity index (χ1) is 10.4. The zero-order chi connectivity index (χ0) is 16.0. The minimum absolute atomic E-state index is 0.00333. The molecule has 0 atom stereocenters. The molecule has 2 aromatic rings. The molecule has 1 aliphatic rings. The van der Waals surface area contributed by atoms with Crippen LogP contribution in [-0.4, -0.2) is 21.4 Å².